The molecule has 0 spiro atoms. The number of anilines is 1. The maximum absolute atomic E-state index is 13.0. The van der Waals surface area contributed by atoms with Crippen LogP contribution in [0.2, 0.25) is 0 Å². The first-order valence-electron chi connectivity index (χ1n) is 9.99. The van der Waals surface area contributed by atoms with Crippen LogP contribution in [0.25, 0.3) is 11.1 Å². The van der Waals surface area contributed by atoms with E-state index in [2.05, 4.69) is 14.9 Å². The van der Waals surface area contributed by atoms with E-state index in [-0.39, 0.29) is 24.2 Å². The molecule has 0 radical (unpaired) electrons. The smallest absolute Gasteiger partial charge is 0.185 e. The fourth-order valence-corrected chi connectivity index (χ4v) is 4.01. The third-order valence-electron chi connectivity index (χ3n) is 5.69. The van der Waals surface area contributed by atoms with Crippen LogP contribution in [0, 0.1) is 5.92 Å². The molecule has 4 heterocycles. The van der Waals surface area contributed by atoms with Crippen LogP contribution in [0.4, 0.5) is 5.69 Å². The number of Topliss-reactive ketones (excluding diaryl/α,β-unsaturated/α-hetero) is 1. The molecule has 0 saturated carbocycles. The molecule has 3 aromatic rings. The number of nitrogens with two attached hydrogens (primary N) is 1. The van der Waals surface area contributed by atoms with Crippen molar-refractivity contribution in [1.29, 1.82) is 0 Å². The van der Waals surface area contributed by atoms with Crippen molar-refractivity contribution in [2.45, 2.75) is 38.8 Å². The SMILES string of the molecule is CCc1coc2ccc(C(=O)Cc3cnccc3N3C[C@@H](N)[C@H](O)[C@@H](C)C3)nc12. The quantitative estimate of drug-likeness (QED) is 0.640. The molecule has 3 aromatic heterocycles. The van der Waals surface area contributed by atoms with Crippen molar-refractivity contribution in [3.63, 3.8) is 0 Å². The van der Waals surface area contributed by atoms with Gasteiger partial charge >= 0.3 is 0 Å². The number of carbonyl (C=O) groups is 1. The summed E-state index contributed by atoms with van der Waals surface area (Å²) in [5.74, 6) is -0.0214. The molecule has 0 unspecified atom stereocenters. The number of rotatable bonds is 5. The molecule has 0 aliphatic carbocycles. The Kier molecular flexibility index (Phi) is 5.34. The van der Waals surface area contributed by atoms with Gasteiger partial charge in [0.25, 0.3) is 0 Å². The van der Waals surface area contributed by atoms with E-state index in [0.29, 0.717) is 24.4 Å². The highest BCUT2D eigenvalue weighted by Crippen LogP contribution is 2.27. The number of nitrogens with zero attached hydrogens (tertiary/aromatic N) is 3. The molecule has 152 valence electrons. The molecule has 29 heavy (non-hydrogen) atoms. The van der Waals surface area contributed by atoms with Gasteiger partial charge in [-0.2, -0.15) is 0 Å². The zero-order valence-electron chi connectivity index (χ0n) is 16.7. The number of hydrogen-bond acceptors (Lipinski definition) is 7. The van der Waals surface area contributed by atoms with Gasteiger partial charge in [0.2, 0.25) is 0 Å². The van der Waals surface area contributed by atoms with Gasteiger partial charge in [0.15, 0.2) is 11.4 Å². The van der Waals surface area contributed by atoms with Gasteiger partial charge in [0.05, 0.1) is 12.4 Å². The molecule has 0 aromatic carbocycles. The summed E-state index contributed by atoms with van der Waals surface area (Å²) in [7, 11) is 0. The van der Waals surface area contributed by atoms with Crippen molar-refractivity contribution >= 4 is 22.6 Å². The molecule has 0 amide bonds. The zero-order chi connectivity index (χ0) is 20.5. The first-order chi connectivity index (χ1) is 14.0. The second-order valence-corrected chi connectivity index (χ2v) is 7.80. The van der Waals surface area contributed by atoms with Crippen molar-refractivity contribution in [1.82, 2.24) is 9.97 Å². The molecule has 7 heteroatoms. The molecule has 1 aliphatic rings. The van der Waals surface area contributed by atoms with Crippen LogP contribution in [-0.4, -0.2) is 46.1 Å². The highest BCUT2D eigenvalue weighted by atomic mass is 16.3. The Balaban J connectivity index is 1.59. The van der Waals surface area contributed by atoms with Crippen LogP contribution in [0.5, 0.6) is 0 Å². The second-order valence-electron chi connectivity index (χ2n) is 7.80. The maximum Gasteiger partial charge on any atom is 0.185 e. The zero-order valence-corrected chi connectivity index (χ0v) is 16.7. The number of piperidine rings is 1. The Labute approximate surface area is 169 Å². The monoisotopic (exact) mass is 394 g/mol. The Morgan fingerprint density at radius 1 is 1.31 bits per heavy atom. The van der Waals surface area contributed by atoms with Crippen LogP contribution < -0.4 is 10.6 Å². The van der Waals surface area contributed by atoms with Crippen molar-refractivity contribution in [2.24, 2.45) is 11.7 Å². The lowest BCUT2D eigenvalue weighted by molar-refractivity contribution is 0.0784. The minimum absolute atomic E-state index is 0.0492. The number of aromatic nitrogens is 2. The molecule has 1 aliphatic heterocycles. The number of ketones is 1. The van der Waals surface area contributed by atoms with Crippen LogP contribution in [0.15, 0.2) is 41.3 Å². The predicted molar refractivity (Wildman–Crippen MR) is 111 cm³/mol. The largest absolute Gasteiger partial charge is 0.462 e. The van der Waals surface area contributed by atoms with Gasteiger partial charge in [-0.1, -0.05) is 13.8 Å². The van der Waals surface area contributed by atoms with E-state index in [4.69, 9.17) is 10.2 Å². The van der Waals surface area contributed by atoms with E-state index in [1.54, 1.807) is 30.8 Å². The number of hydrogen-bond donors (Lipinski definition) is 2. The Morgan fingerprint density at radius 3 is 2.90 bits per heavy atom. The standard InChI is InChI=1S/C22H26N4O3/c1-3-14-12-29-20-5-4-17(25-21(14)20)19(27)8-15-9-24-7-6-18(15)26-10-13(2)22(28)16(23)11-26/h4-7,9,12-13,16,22,28H,3,8,10-11,23H2,1-2H3/t13-,16+,22+/m0/s1. The van der Waals surface area contributed by atoms with Gasteiger partial charge in [0, 0.05) is 60.7 Å². The van der Waals surface area contributed by atoms with Crippen LogP contribution >= 0.6 is 0 Å². The van der Waals surface area contributed by atoms with Crippen molar-refractivity contribution in [2.75, 3.05) is 18.0 Å². The minimum atomic E-state index is -0.517. The highest BCUT2D eigenvalue weighted by Gasteiger charge is 2.32. The number of aliphatic hydroxyl groups excluding tert-OH is 1. The normalized spacial score (nSPS) is 22.2. The first-order valence-corrected chi connectivity index (χ1v) is 9.99. The van der Waals surface area contributed by atoms with Crippen LogP contribution in [-0.2, 0) is 12.8 Å². The van der Waals surface area contributed by atoms with E-state index >= 15 is 0 Å². The molecule has 0 bridgehead atoms. The summed E-state index contributed by atoms with van der Waals surface area (Å²) < 4.78 is 5.50. The van der Waals surface area contributed by atoms with Crippen molar-refractivity contribution < 1.29 is 14.3 Å². The molecule has 3 atom stereocenters. The van der Waals surface area contributed by atoms with Gasteiger partial charge in [0.1, 0.15) is 11.2 Å². The summed E-state index contributed by atoms with van der Waals surface area (Å²) in [6.07, 6.45) is 5.61. The van der Waals surface area contributed by atoms with Crippen LogP contribution in [0.1, 0.15) is 35.5 Å². The van der Waals surface area contributed by atoms with Gasteiger partial charge in [-0.25, -0.2) is 4.98 Å². The topological polar surface area (TPSA) is 105 Å². The molecule has 1 saturated heterocycles. The van der Waals surface area contributed by atoms with Crippen molar-refractivity contribution in [3.05, 3.63) is 53.7 Å². The highest BCUT2D eigenvalue weighted by molar-refractivity contribution is 5.98. The van der Waals surface area contributed by atoms with Gasteiger partial charge in [-0.05, 0) is 24.6 Å². The number of carbonyl (C=O) groups excluding carboxylic acids is 1. The lowest BCUT2D eigenvalue weighted by Gasteiger charge is -2.40. The third kappa shape index (κ3) is 3.75. The number of pyridine rings is 2. The first kappa shape index (κ1) is 19.5. The molecule has 1 fully saturated rings. The summed E-state index contributed by atoms with van der Waals surface area (Å²) in [6.45, 7) is 5.23. The summed E-state index contributed by atoms with van der Waals surface area (Å²) >= 11 is 0. The Hall–Kier alpha value is -2.77. The molecule has 3 N–H and O–H groups in total. The summed E-state index contributed by atoms with van der Waals surface area (Å²) in [5, 5.41) is 10.2. The van der Waals surface area contributed by atoms with Gasteiger partial charge < -0.3 is 20.2 Å². The fraction of sp³-hybridized carbons (Fsp3) is 0.409. The van der Waals surface area contributed by atoms with Crippen LogP contribution in [0.3, 0.4) is 0 Å². The van der Waals surface area contributed by atoms with E-state index in [9.17, 15) is 9.90 Å². The minimum Gasteiger partial charge on any atom is -0.462 e. The number of aliphatic hydroxyl groups is 1. The average Bonchev–Trinajstić information content (AvgIpc) is 3.14. The maximum atomic E-state index is 13.0. The lowest BCUT2D eigenvalue weighted by atomic mass is 9.92. The third-order valence-corrected chi connectivity index (χ3v) is 5.69. The number of aryl methyl sites for hydroxylation is 1. The molecular weight excluding hydrogens is 368 g/mol. The van der Waals surface area contributed by atoms with E-state index < -0.39 is 6.10 Å². The second kappa shape index (κ2) is 7.93. The lowest BCUT2D eigenvalue weighted by Crippen LogP contribution is -2.55. The number of fused-ring (bicyclic) bond motifs is 1. The van der Waals surface area contributed by atoms with Gasteiger partial charge in [-0.3, -0.25) is 9.78 Å². The summed E-state index contributed by atoms with van der Waals surface area (Å²) in [6, 6.07) is 5.08. The number of furan rings is 1. The molecule has 4 rings (SSSR count). The Morgan fingerprint density at radius 2 is 2.14 bits per heavy atom. The summed E-state index contributed by atoms with van der Waals surface area (Å²) in [4.78, 5) is 23.9. The van der Waals surface area contributed by atoms with Gasteiger partial charge in [-0.15, -0.1) is 0 Å². The average molecular weight is 394 g/mol. The van der Waals surface area contributed by atoms with E-state index in [1.165, 1.54) is 0 Å². The van der Waals surface area contributed by atoms with E-state index in [0.717, 1.165) is 28.8 Å². The molecule has 7 nitrogen and oxygen atoms in total. The fourth-order valence-electron chi connectivity index (χ4n) is 4.01. The predicted octanol–water partition coefficient (Wildman–Crippen LogP) is 2.35. The van der Waals surface area contributed by atoms with Crippen molar-refractivity contribution in [3.8, 4) is 0 Å². The van der Waals surface area contributed by atoms with E-state index in [1.807, 2.05) is 19.9 Å². The Bertz CT molecular complexity index is 1020. The summed E-state index contributed by atoms with van der Waals surface area (Å²) in [5.41, 5.74) is 10.7. The molecular formula is C22H26N4O3.